The Hall–Kier alpha value is -0.880. The van der Waals surface area contributed by atoms with Crippen LogP contribution >= 0.6 is 23.4 Å². The van der Waals surface area contributed by atoms with Crippen molar-refractivity contribution in [2.24, 2.45) is 0 Å². The molecule has 1 aromatic heterocycles. The number of alkyl halides is 4. The molecule has 1 aromatic carbocycles. The molecule has 84 valence electrons. The Morgan fingerprint density at radius 1 is 1.25 bits per heavy atom. The number of halogens is 4. The Balaban J connectivity index is 2.36. The zero-order chi connectivity index (χ0) is 11.6. The third-order valence-corrected chi connectivity index (χ3v) is 3.80. The first-order valence-corrected chi connectivity index (χ1v) is 5.55. The molecule has 0 fully saturated rings. The van der Waals surface area contributed by atoms with E-state index in [1.165, 1.54) is 6.07 Å². The fourth-order valence-electron chi connectivity index (χ4n) is 1.65. The number of para-hydroxylation sites is 2. The van der Waals surface area contributed by atoms with Crippen molar-refractivity contribution in [2.75, 3.05) is 0 Å². The van der Waals surface area contributed by atoms with Crippen molar-refractivity contribution < 1.29 is 13.2 Å². The zero-order valence-corrected chi connectivity index (χ0v) is 9.20. The van der Waals surface area contributed by atoms with Crippen molar-refractivity contribution in [3.63, 3.8) is 0 Å². The first-order chi connectivity index (χ1) is 7.43. The molecule has 0 aliphatic carbocycles. The Labute approximate surface area is 97.4 Å². The van der Waals surface area contributed by atoms with Gasteiger partial charge in [0.05, 0.1) is 11.0 Å². The number of rotatable bonds is 0. The molecule has 0 saturated carbocycles. The molecular weight excluding hydrogens is 261 g/mol. The van der Waals surface area contributed by atoms with Crippen molar-refractivity contribution >= 4 is 34.4 Å². The molecule has 1 unspecified atom stereocenters. The predicted octanol–water partition coefficient (Wildman–Crippen LogP) is 3.55. The van der Waals surface area contributed by atoms with Crippen LogP contribution in [0.2, 0.25) is 0 Å². The molecule has 1 atom stereocenters. The molecule has 0 N–H and O–H groups in total. The van der Waals surface area contributed by atoms with E-state index in [9.17, 15) is 13.2 Å². The average Bonchev–Trinajstić information content (AvgIpc) is 2.61. The SMILES string of the molecule is FC1(Cl)Sc2nc3ccccc3n2C1(F)F. The van der Waals surface area contributed by atoms with Gasteiger partial charge in [0, 0.05) is 0 Å². The number of thioether (sulfide) groups is 1. The van der Waals surface area contributed by atoms with Crippen molar-refractivity contribution in [2.45, 2.75) is 15.7 Å². The highest BCUT2D eigenvalue weighted by atomic mass is 35.5. The second-order valence-electron chi connectivity index (χ2n) is 3.38. The van der Waals surface area contributed by atoms with E-state index in [1.807, 2.05) is 0 Å². The second-order valence-corrected chi connectivity index (χ2v) is 5.26. The lowest BCUT2D eigenvalue weighted by atomic mass is 10.3. The molecule has 0 amide bonds. The molecule has 2 aromatic rings. The van der Waals surface area contributed by atoms with Crippen LogP contribution in [0.15, 0.2) is 29.4 Å². The van der Waals surface area contributed by atoms with Gasteiger partial charge < -0.3 is 0 Å². The van der Waals surface area contributed by atoms with Crippen molar-refractivity contribution in [3.05, 3.63) is 24.3 Å². The number of imidazole rings is 1. The summed E-state index contributed by atoms with van der Waals surface area (Å²) in [4.78, 5) is 3.91. The molecule has 0 spiro atoms. The average molecular weight is 265 g/mol. The largest absolute Gasteiger partial charge is 0.389 e. The van der Waals surface area contributed by atoms with Gasteiger partial charge in [0.1, 0.15) is 0 Å². The molecule has 2 heterocycles. The molecule has 0 radical (unpaired) electrons. The summed E-state index contributed by atoms with van der Waals surface area (Å²) in [6, 6.07) is 2.51. The van der Waals surface area contributed by atoms with E-state index in [1.54, 1.807) is 18.2 Å². The topological polar surface area (TPSA) is 17.8 Å². The molecule has 0 saturated heterocycles. The van der Waals surface area contributed by atoms with Gasteiger partial charge in [-0.2, -0.15) is 8.78 Å². The van der Waals surface area contributed by atoms with Crippen LogP contribution in [-0.2, 0) is 6.05 Å². The molecule has 0 bridgehead atoms. The molecule has 7 heteroatoms. The summed E-state index contributed by atoms with van der Waals surface area (Å²) in [7, 11) is 0. The highest BCUT2D eigenvalue weighted by molar-refractivity contribution is 8.01. The molecular formula is C9H4ClF3N2S. The van der Waals surface area contributed by atoms with Gasteiger partial charge in [0.25, 0.3) is 0 Å². The van der Waals surface area contributed by atoms with Crippen LogP contribution in [-0.4, -0.2) is 14.0 Å². The summed E-state index contributed by atoms with van der Waals surface area (Å²) in [5.41, 5.74) is 0.576. The maximum atomic E-state index is 13.7. The van der Waals surface area contributed by atoms with Crippen LogP contribution in [0.5, 0.6) is 0 Å². The fourth-order valence-corrected chi connectivity index (χ4v) is 2.83. The van der Waals surface area contributed by atoms with Gasteiger partial charge in [-0.05, 0) is 23.9 Å². The third kappa shape index (κ3) is 1.09. The number of aromatic nitrogens is 2. The van der Waals surface area contributed by atoms with Gasteiger partial charge in [-0.1, -0.05) is 23.7 Å². The summed E-state index contributed by atoms with van der Waals surface area (Å²) in [5.74, 6) is 0. The summed E-state index contributed by atoms with van der Waals surface area (Å²) < 4.78 is 38.2. The van der Waals surface area contributed by atoms with Crippen LogP contribution in [0.25, 0.3) is 11.0 Å². The van der Waals surface area contributed by atoms with E-state index in [2.05, 4.69) is 4.98 Å². The fraction of sp³-hybridized carbons (Fsp3) is 0.222. The molecule has 3 rings (SSSR count). The van der Waals surface area contributed by atoms with Crippen molar-refractivity contribution in [1.29, 1.82) is 0 Å². The second kappa shape index (κ2) is 2.87. The lowest BCUT2D eigenvalue weighted by molar-refractivity contribution is -0.123. The highest BCUT2D eigenvalue weighted by Crippen LogP contribution is 2.58. The zero-order valence-electron chi connectivity index (χ0n) is 7.62. The standard InChI is InChI=1S/C9H4ClF3N2S/c10-8(11)9(12,13)15-6-4-2-1-3-5(6)14-7(15)16-8/h1-4H. The predicted molar refractivity (Wildman–Crippen MR) is 55.5 cm³/mol. The number of benzene rings is 1. The minimum atomic E-state index is -3.80. The first kappa shape index (κ1) is 10.3. The van der Waals surface area contributed by atoms with E-state index in [-0.39, 0.29) is 22.4 Å². The Kier molecular flexibility index (Phi) is 1.84. The van der Waals surface area contributed by atoms with E-state index >= 15 is 0 Å². The van der Waals surface area contributed by atoms with Crippen molar-refractivity contribution in [1.82, 2.24) is 9.55 Å². The minimum absolute atomic E-state index is 0.108. The summed E-state index contributed by atoms with van der Waals surface area (Å²) in [6.07, 6.45) is 0. The third-order valence-electron chi connectivity index (χ3n) is 2.38. The van der Waals surface area contributed by atoms with E-state index in [0.29, 0.717) is 10.1 Å². The van der Waals surface area contributed by atoms with Gasteiger partial charge in [-0.15, -0.1) is 0 Å². The normalized spacial score (nSPS) is 27.2. The van der Waals surface area contributed by atoms with Gasteiger partial charge in [0.2, 0.25) is 0 Å². The van der Waals surface area contributed by atoms with Crippen LogP contribution in [0.4, 0.5) is 13.2 Å². The minimum Gasteiger partial charge on any atom is -0.254 e. The highest BCUT2D eigenvalue weighted by Gasteiger charge is 2.63. The Morgan fingerprint density at radius 2 is 1.94 bits per heavy atom. The summed E-state index contributed by atoms with van der Waals surface area (Å²) >= 11 is 5.38. The number of fused-ring (bicyclic) bond motifs is 3. The Bertz CT molecular complexity index is 581. The van der Waals surface area contributed by atoms with E-state index in [0.717, 1.165) is 0 Å². The molecule has 1 aliphatic rings. The number of hydrogen-bond donors (Lipinski definition) is 0. The van der Waals surface area contributed by atoms with E-state index < -0.39 is 10.5 Å². The Morgan fingerprint density at radius 3 is 2.69 bits per heavy atom. The number of nitrogens with zero attached hydrogens (tertiary/aromatic N) is 2. The van der Waals surface area contributed by atoms with Crippen LogP contribution < -0.4 is 0 Å². The van der Waals surface area contributed by atoms with Gasteiger partial charge in [0.15, 0.2) is 5.16 Å². The maximum absolute atomic E-state index is 13.7. The van der Waals surface area contributed by atoms with Gasteiger partial charge >= 0.3 is 10.5 Å². The van der Waals surface area contributed by atoms with Crippen molar-refractivity contribution in [3.8, 4) is 0 Å². The van der Waals surface area contributed by atoms with Crippen LogP contribution in [0, 0.1) is 0 Å². The smallest absolute Gasteiger partial charge is 0.254 e. The lowest BCUT2D eigenvalue weighted by Gasteiger charge is -2.20. The van der Waals surface area contributed by atoms with E-state index in [4.69, 9.17) is 11.6 Å². The molecule has 16 heavy (non-hydrogen) atoms. The van der Waals surface area contributed by atoms with Gasteiger partial charge in [-0.3, -0.25) is 4.57 Å². The molecule has 1 aliphatic heterocycles. The summed E-state index contributed by atoms with van der Waals surface area (Å²) in [6.45, 7) is 0. The van der Waals surface area contributed by atoms with Gasteiger partial charge in [-0.25, -0.2) is 9.37 Å². The van der Waals surface area contributed by atoms with Crippen LogP contribution in [0.1, 0.15) is 0 Å². The maximum Gasteiger partial charge on any atom is 0.389 e. The van der Waals surface area contributed by atoms with Crippen LogP contribution in [0.3, 0.4) is 0 Å². The first-order valence-electron chi connectivity index (χ1n) is 4.36. The molecule has 2 nitrogen and oxygen atoms in total. The quantitative estimate of drug-likeness (QED) is 0.677. The summed E-state index contributed by atoms with van der Waals surface area (Å²) in [5, 5.41) is -0.108. The monoisotopic (exact) mass is 264 g/mol. The lowest BCUT2D eigenvalue weighted by Crippen LogP contribution is -2.34. The number of hydrogen-bond acceptors (Lipinski definition) is 2.